The SMILES string of the molecule is CC(C)OC(=O)NC1(C)CC=CCC1. The number of amides is 1. The minimum atomic E-state index is -0.308. The van der Waals surface area contributed by atoms with Crippen molar-refractivity contribution in [2.45, 2.75) is 51.7 Å². The summed E-state index contributed by atoms with van der Waals surface area (Å²) in [6, 6.07) is 0. The Bertz CT molecular complexity index is 235. The summed E-state index contributed by atoms with van der Waals surface area (Å²) >= 11 is 0. The Balaban J connectivity index is 2.42. The van der Waals surface area contributed by atoms with E-state index in [1.165, 1.54) is 0 Å². The smallest absolute Gasteiger partial charge is 0.407 e. The first-order valence-electron chi connectivity index (χ1n) is 5.16. The Morgan fingerprint density at radius 3 is 2.71 bits per heavy atom. The van der Waals surface area contributed by atoms with E-state index in [1.54, 1.807) is 0 Å². The van der Waals surface area contributed by atoms with Gasteiger partial charge in [-0.1, -0.05) is 12.2 Å². The summed E-state index contributed by atoms with van der Waals surface area (Å²) < 4.78 is 5.04. The van der Waals surface area contributed by atoms with Crippen molar-refractivity contribution in [3.05, 3.63) is 12.2 Å². The summed E-state index contributed by atoms with van der Waals surface area (Å²) in [6.45, 7) is 5.75. The monoisotopic (exact) mass is 197 g/mol. The molecule has 1 amide bonds. The molecular weight excluding hydrogens is 178 g/mol. The van der Waals surface area contributed by atoms with Gasteiger partial charge >= 0.3 is 6.09 Å². The van der Waals surface area contributed by atoms with Crippen LogP contribution in [0.15, 0.2) is 12.2 Å². The molecule has 0 heterocycles. The highest BCUT2D eigenvalue weighted by Crippen LogP contribution is 2.22. The molecule has 0 aromatic carbocycles. The van der Waals surface area contributed by atoms with Gasteiger partial charge in [0, 0.05) is 5.54 Å². The molecule has 0 saturated carbocycles. The van der Waals surface area contributed by atoms with Gasteiger partial charge in [0.05, 0.1) is 6.10 Å². The van der Waals surface area contributed by atoms with Crippen molar-refractivity contribution in [3.8, 4) is 0 Å². The average molecular weight is 197 g/mol. The van der Waals surface area contributed by atoms with Crippen LogP contribution in [0.1, 0.15) is 40.0 Å². The molecule has 0 aliphatic heterocycles. The number of carbonyl (C=O) groups is 1. The van der Waals surface area contributed by atoms with Gasteiger partial charge in [-0.2, -0.15) is 0 Å². The summed E-state index contributed by atoms with van der Waals surface area (Å²) in [6.07, 6.45) is 6.79. The number of alkyl carbamates (subject to hydrolysis) is 1. The first kappa shape index (κ1) is 11.1. The lowest BCUT2D eigenvalue weighted by Crippen LogP contribution is -2.47. The predicted octanol–water partition coefficient (Wildman–Crippen LogP) is 2.62. The van der Waals surface area contributed by atoms with Crippen LogP contribution < -0.4 is 5.32 Å². The van der Waals surface area contributed by atoms with Crippen molar-refractivity contribution in [2.24, 2.45) is 0 Å². The minimum Gasteiger partial charge on any atom is -0.447 e. The van der Waals surface area contributed by atoms with E-state index in [-0.39, 0.29) is 17.7 Å². The lowest BCUT2D eigenvalue weighted by atomic mass is 9.88. The number of hydrogen-bond donors (Lipinski definition) is 1. The summed E-state index contributed by atoms with van der Waals surface area (Å²) in [4.78, 5) is 11.4. The first-order valence-corrected chi connectivity index (χ1v) is 5.16. The van der Waals surface area contributed by atoms with E-state index in [4.69, 9.17) is 4.74 Å². The third-order valence-corrected chi connectivity index (χ3v) is 2.34. The molecule has 1 aliphatic rings. The molecule has 3 heteroatoms. The van der Waals surface area contributed by atoms with Crippen molar-refractivity contribution < 1.29 is 9.53 Å². The van der Waals surface area contributed by atoms with E-state index in [1.807, 2.05) is 13.8 Å². The zero-order valence-corrected chi connectivity index (χ0v) is 9.17. The quantitative estimate of drug-likeness (QED) is 0.691. The van der Waals surface area contributed by atoms with Gasteiger partial charge in [-0.15, -0.1) is 0 Å². The summed E-state index contributed by atoms with van der Waals surface area (Å²) in [5.74, 6) is 0. The van der Waals surface area contributed by atoms with Crippen LogP contribution in [0.2, 0.25) is 0 Å². The van der Waals surface area contributed by atoms with Crippen molar-refractivity contribution in [1.29, 1.82) is 0 Å². The number of ether oxygens (including phenoxy) is 1. The molecule has 14 heavy (non-hydrogen) atoms. The third-order valence-electron chi connectivity index (χ3n) is 2.34. The molecule has 0 aromatic heterocycles. The Morgan fingerprint density at radius 1 is 1.50 bits per heavy atom. The molecule has 3 nitrogen and oxygen atoms in total. The Hall–Kier alpha value is -0.990. The van der Waals surface area contributed by atoms with Gasteiger partial charge < -0.3 is 10.1 Å². The molecule has 1 aliphatic carbocycles. The van der Waals surface area contributed by atoms with E-state index in [0.717, 1.165) is 19.3 Å². The number of carbonyl (C=O) groups excluding carboxylic acids is 1. The maximum absolute atomic E-state index is 11.4. The highest BCUT2D eigenvalue weighted by Gasteiger charge is 2.27. The molecule has 0 radical (unpaired) electrons. The third kappa shape index (κ3) is 3.40. The Labute approximate surface area is 85.5 Å². The van der Waals surface area contributed by atoms with Gasteiger partial charge in [0.15, 0.2) is 0 Å². The van der Waals surface area contributed by atoms with Crippen molar-refractivity contribution >= 4 is 6.09 Å². The number of rotatable bonds is 2. The standard InChI is InChI=1S/C11H19NO2/c1-9(2)14-10(13)12-11(3)7-5-4-6-8-11/h4-5,9H,6-8H2,1-3H3,(H,12,13). The van der Waals surface area contributed by atoms with Crippen LogP contribution in [0.25, 0.3) is 0 Å². The van der Waals surface area contributed by atoms with Gasteiger partial charge in [-0.25, -0.2) is 4.79 Å². The second kappa shape index (κ2) is 4.49. The normalized spacial score (nSPS) is 26.3. The van der Waals surface area contributed by atoms with Crippen molar-refractivity contribution in [1.82, 2.24) is 5.32 Å². The maximum atomic E-state index is 11.4. The van der Waals surface area contributed by atoms with Gasteiger partial charge in [0.25, 0.3) is 0 Å². The molecule has 0 bridgehead atoms. The second-order valence-corrected chi connectivity index (χ2v) is 4.35. The van der Waals surface area contributed by atoms with Crippen LogP contribution in [0.5, 0.6) is 0 Å². The fourth-order valence-corrected chi connectivity index (χ4v) is 1.57. The molecule has 0 spiro atoms. The van der Waals surface area contributed by atoms with Gasteiger partial charge in [0.1, 0.15) is 0 Å². The largest absolute Gasteiger partial charge is 0.447 e. The number of hydrogen-bond acceptors (Lipinski definition) is 2. The molecule has 0 saturated heterocycles. The summed E-state index contributed by atoms with van der Waals surface area (Å²) in [7, 11) is 0. The number of allylic oxidation sites excluding steroid dienone is 1. The van der Waals surface area contributed by atoms with Crippen LogP contribution in [-0.2, 0) is 4.74 Å². The lowest BCUT2D eigenvalue weighted by Gasteiger charge is -2.31. The zero-order chi connectivity index (χ0) is 10.6. The van der Waals surface area contributed by atoms with Crippen LogP contribution in [0, 0.1) is 0 Å². The zero-order valence-electron chi connectivity index (χ0n) is 9.17. The Kier molecular flexibility index (Phi) is 3.55. The summed E-state index contributed by atoms with van der Waals surface area (Å²) in [5.41, 5.74) is -0.124. The minimum absolute atomic E-state index is 0.0577. The van der Waals surface area contributed by atoms with Crippen LogP contribution in [0.3, 0.4) is 0 Å². The molecule has 1 atom stereocenters. The predicted molar refractivity (Wildman–Crippen MR) is 56.1 cm³/mol. The highest BCUT2D eigenvalue weighted by atomic mass is 16.6. The van der Waals surface area contributed by atoms with Gasteiger partial charge in [0.2, 0.25) is 0 Å². The highest BCUT2D eigenvalue weighted by molar-refractivity contribution is 5.68. The molecule has 0 fully saturated rings. The lowest BCUT2D eigenvalue weighted by molar-refractivity contribution is 0.104. The maximum Gasteiger partial charge on any atom is 0.407 e. The van der Waals surface area contributed by atoms with E-state index < -0.39 is 0 Å². The molecular formula is C11H19NO2. The van der Waals surface area contributed by atoms with Crippen LogP contribution in [-0.4, -0.2) is 17.7 Å². The Morgan fingerprint density at radius 2 is 2.21 bits per heavy atom. The second-order valence-electron chi connectivity index (χ2n) is 4.35. The molecule has 1 N–H and O–H groups in total. The van der Waals surface area contributed by atoms with Crippen LogP contribution >= 0.6 is 0 Å². The fourth-order valence-electron chi connectivity index (χ4n) is 1.57. The molecule has 1 unspecified atom stereocenters. The van der Waals surface area contributed by atoms with E-state index >= 15 is 0 Å². The van der Waals surface area contributed by atoms with Gasteiger partial charge in [-0.3, -0.25) is 0 Å². The van der Waals surface area contributed by atoms with Crippen molar-refractivity contribution in [2.75, 3.05) is 0 Å². The van der Waals surface area contributed by atoms with E-state index in [2.05, 4.69) is 24.4 Å². The van der Waals surface area contributed by atoms with Crippen LogP contribution in [0.4, 0.5) is 4.79 Å². The van der Waals surface area contributed by atoms with E-state index in [0.29, 0.717) is 0 Å². The molecule has 80 valence electrons. The van der Waals surface area contributed by atoms with Crippen molar-refractivity contribution in [3.63, 3.8) is 0 Å². The van der Waals surface area contributed by atoms with E-state index in [9.17, 15) is 4.79 Å². The molecule has 0 aromatic rings. The molecule has 1 rings (SSSR count). The summed E-state index contributed by atoms with van der Waals surface area (Å²) in [5, 5.41) is 2.91. The van der Waals surface area contributed by atoms with Gasteiger partial charge in [-0.05, 0) is 40.0 Å². The average Bonchev–Trinajstić information content (AvgIpc) is 2.02. The fraction of sp³-hybridized carbons (Fsp3) is 0.727. The number of nitrogens with one attached hydrogen (secondary N) is 1. The first-order chi connectivity index (χ1) is 6.52. The topological polar surface area (TPSA) is 38.3 Å².